The van der Waals surface area contributed by atoms with Crippen LogP contribution in [0.5, 0.6) is 0 Å². The highest BCUT2D eigenvalue weighted by molar-refractivity contribution is 4.87. The summed E-state index contributed by atoms with van der Waals surface area (Å²) in [7, 11) is 0. The molecule has 1 aliphatic heterocycles. The molecule has 0 aromatic carbocycles. The molecule has 1 unspecified atom stereocenters. The predicted molar refractivity (Wildman–Crippen MR) is 39.6 cm³/mol. The first kappa shape index (κ1) is 12.7. The average Bonchev–Trinajstić information content (AvgIpc) is 2.08. The van der Waals surface area contributed by atoms with Crippen molar-refractivity contribution in [3.05, 3.63) is 0 Å². The first-order valence-corrected chi connectivity index (χ1v) is 3.56. The zero-order valence-electron chi connectivity index (χ0n) is 6.74. The summed E-state index contributed by atoms with van der Waals surface area (Å²) >= 11 is 0. The summed E-state index contributed by atoms with van der Waals surface area (Å²) in [6.07, 6.45) is -7.04. The van der Waals surface area contributed by atoms with Crippen molar-refractivity contribution in [2.45, 2.75) is 30.7 Å². The molecule has 0 radical (unpaired) electrons. The van der Waals surface area contributed by atoms with Gasteiger partial charge in [0.25, 0.3) is 0 Å². The van der Waals surface area contributed by atoms with Crippen LogP contribution in [-0.4, -0.2) is 68.3 Å². The molecule has 1 saturated heterocycles. The molecular weight excluding hydrogens is 184 g/mol. The standard InChI is InChI=1S/C6H12O6.H2O/c7-1-2-3(8)4(9)5(10)6(11)12-2;/h2-11H,1H2;1H2/t2-,3+,4+,5-,6?;/m1./s1. The van der Waals surface area contributed by atoms with Crippen LogP contribution in [-0.2, 0) is 4.74 Å². The van der Waals surface area contributed by atoms with Gasteiger partial charge in [0.05, 0.1) is 6.61 Å². The molecule has 0 bridgehead atoms. The summed E-state index contributed by atoms with van der Waals surface area (Å²) < 4.78 is 4.58. The van der Waals surface area contributed by atoms with Crippen molar-refractivity contribution in [3.8, 4) is 0 Å². The van der Waals surface area contributed by atoms with Crippen molar-refractivity contribution in [2.24, 2.45) is 0 Å². The Bertz CT molecular complexity index is 147. The highest BCUT2D eigenvalue weighted by Gasteiger charge is 2.42. The maximum Gasteiger partial charge on any atom is 0.184 e. The lowest BCUT2D eigenvalue weighted by Crippen LogP contribution is -2.58. The number of aliphatic hydroxyl groups excluding tert-OH is 5. The molecule has 0 spiro atoms. The second-order valence-corrected chi connectivity index (χ2v) is 2.72. The maximum atomic E-state index is 9.12. The van der Waals surface area contributed by atoms with Crippen LogP contribution in [0.25, 0.3) is 0 Å². The summed E-state index contributed by atoms with van der Waals surface area (Å²) in [6, 6.07) is 0. The fraction of sp³-hybridized carbons (Fsp3) is 1.00. The van der Waals surface area contributed by atoms with E-state index in [1.807, 2.05) is 0 Å². The quantitative estimate of drug-likeness (QED) is 0.290. The molecule has 13 heavy (non-hydrogen) atoms. The second kappa shape index (κ2) is 4.82. The largest absolute Gasteiger partial charge is 0.412 e. The van der Waals surface area contributed by atoms with Gasteiger partial charge in [-0.2, -0.15) is 0 Å². The second-order valence-electron chi connectivity index (χ2n) is 2.72. The fourth-order valence-corrected chi connectivity index (χ4v) is 1.08. The van der Waals surface area contributed by atoms with E-state index in [1.165, 1.54) is 0 Å². The van der Waals surface area contributed by atoms with Crippen LogP contribution in [0.4, 0.5) is 0 Å². The smallest absolute Gasteiger partial charge is 0.184 e. The third-order valence-electron chi connectivity index (χ3n) is 1.87. The van der Waals surface area contributed by atoms with Gasteiger partial charge in [-0.15, -0.1) is 0 Å². The van der Waals surface area contributed by atoms with E-state index < -0.39 is 37.3 Å². The van der Waals surface area contributed by atoms with Gasteiger partial charge in [0.15, 0.2) is 6.29 Å². The predicted octanol–water partition coefficient (Wildman–Crippen LogP) is -4.05. The van der Waals surface area contributed by atoms with Gasteiger partial charge in [-0.05, 0) is 0 Å². The Morgan fingerprint density at radius 3 is 1.92 bits per heavy atom. The van der Waals surface area contributed by atoms with Crippen molar-refractivity contribution < 1.29 is 35.7 Å². The Hall–Kier alpha value is -0.280. The third kappa shape index (κ3) is 2.35. The Labute approximate surface area is 74.1 Å². The Morgan fingerprint density at radius 2 is 1.46 bits per heavy atom. The lowest BCUT2D eigenvalue weighted by Gasteiger charge is -2.37. The fourth-order valence-electron chi connectivity index (χ4n) is 1.08. The number of aliphatic hydroxyl groups is 5. The summed E-state index contributed by atoms with van der Waals surface area (Å²) in [6.45, 7) is -0.526. The minimum absolute atomic E-state index is 0. The molecule has 0 aromatic heterocycles. The summed E-state index contributed by atoms with van der Waals surface area (Å²) in [5, 5.41) is 44.7. The Kier molecular flexibility index (Phi) is 4.71. The van der Waals surface area contributed by atoms with Gasteiger partial charge in [-0.25, -0.2) is 0 Å². The van der Waals surface area contributed by atoms with E-state index >= 15 is 0 Å². The Balaban J connectivity index is 0.00000144. The molecule has 1 fully saturated rings. The van der Waals surface area contributed by atoms with Crippen LogP contribution in [0.1, 0.15) is 0 Å². The first-order chi connectivity index (χ1) is 5.57. The lowest BCUT2D eigenvalue weighted by atomic mass is 10.00. The number of ether oxygens (including phenoxy) is 1. The molecule has 7 nitrogen and oxygen atoms in total. The van der Waals surface area contributed by atoms with E-state index in [0.29, 0.717) is 0 Å². The average molecular weight is 198 g/mol. The minimum Gasteiger partial charge on any atom is -0.412 e. The molecule has 7 N–H and O–H groups in total. The van der Waals surface area contributed by atoms with Gasteiger partial charge in [0.1, 0.15) is 24.4 Å². The topological polar surface area (TPSA) is 142 Å². The zero-order chi connectivity index (χ0) is 9.30. The maximum absolute atomic E-state index is 9.12. The van der Waals surface area contributed by atoms with Crippen LogP contribution in [0.3, 0.4) is 0 Å². The van der Waals surface area contributed by atoms with Crippen molar-refractivity contribution in [2.75, 3.05) is 6.61 Å². The van der Waals surface area contributed by atoms with Crippen LogP contribution in [0.15, 0.2) is 0 Å². The molecule has 0 saturated carbocycles. The van der Waals surface area contributed by atoms with Crippen molar-refractivity contribution >= 4 is 0 Å². The van der Waals surface area contributed by atoms with Gasteiger partial charge in [-0.3, -0.25) is 0 Å². The van der Waals surface area contributed by atoms with E-state index in [-0.39, 0.29) is 5.48 Å². The van der Waals surface area contributed by atoms with E-state index in [9.17, 15) is 0 Å². The molecule has 0 aromatic rings. The normalized spacial score (nSPS) is 45.5. The number of hydrogen-bond donors (Lipinski definition) is 5. The molecule has 7 heteroatoms. The lowest BCUT2D eigenvalue weighted by molar-refractivity contribution is -0.286. The molecule has 1 rings (SSSR count). The van der Waals surface area contributed by atoms with Gasteiger partial charge in [0.2, 0.25) is 0 Å². The highest BCUT2D eigenvalue weighted by atomic mass is 16.6. The highest BCUT2D eigenvalue weighted by Crippen LogP contribution is 2.18. The summed E-state index contributed by atoms with van der Waals surface area (Å²) in [5.74, 6) is 0. The molecule has 5 atom stereocenters. The van der Waals surface area contributed by atoms with Crippen LogP contribution in [0.2, 0.25) is 0 Å². The summed E-state index contributed by atoms with van der Waals surface area (Å²) in [5.41, 5.74) is 0. The van der Waals surface area contributed by atoms with E-state index in [1.54, 1.807) is 0 Å². The number of rotatable bonds is 1. The minimum atomic E-state index is -1.57. The van der Waals surface area contributed by atoms with Crippen molar-refractivity contribution in [1.82, 2.24) is 0 Å². The summed E-state index contributed by atoms with van der Waals surface area (Å²) in [4.78, 5) is 0. The molecule has 1 heterocycles. The van der Waals surface area contributed by atoms with Gasteiger partial charge < -0.3 is 35.7 Å². The van der Waals surface area contributed by atoms with E-state index in [2.05, 4.69) is 4.74 Å². The molecular formula is C6H14O7. The molecule has 80 valence electrons. The van der Waals surface area contributed by atoms with Crippen LogP contribution < -0.4 is 0 Å². The SMILES string of the molecule is O.OC[C@H]1OC(O)[C@H](O)[C@@H](O)[C@H]1O. The van der Waals surface area contributed by atoms with E-state index in [0.717, 1.165) is 0 Å². The first-order valence-electron chi connectivity index (χ1n) is 3.56. The third-order valence-corrected chi connectivity index (χ3v) is 1.87. The molecule has 1 aliphatic rings. The van der Waals surface area contributed by atoms with Crippen LogP contribution in [0, 0.1) is 0 Å². The van der Waals surface area contributed by atoms with Crippen molar-refractivity contribution in [1.29, 1.82) is 0 Å². The zero-order valence-corrected chi connectivity index (χ0v) is 6.74. The number of hydrogen-bond acceptors (Lipinski definition) is 6. The molecule has 0 aliphatic carbocycles. The van der Waals surface area contributed by atoms with E-state index in [4.69, 9.17) is 25.5 Å². The Morgan fingerprint density at radius 1 is 0.923 bits per heavy atom. The van der Waals surface area contributed by atoms with Gasteiger partial charge in [0, 0.05) is 0 Å². The monoisotopic (exact) mass is 198 g/mol. The molecule has 0 amide bonds. The van der Waals surface area contributed by atoms with Gasteiger partial charge >= 0.3 is 0 Å². The van der Waals surface area contributed by atoms with Crippen LogP contribution >= 0.6 is 0 Å². The van der Waals surface area contributed by atoms with Crippen molar-refractivity contribution in [3.63, 3.8) is 0 Å². The van der Waals surface area contributed by atoms with Gasteiger partial charge in [-0.1, -0.05) is 0 Å².